The minimum Gasteiger partial charge on any atom is -0.359 e. The van der Waals surface area contributed by atoms with Crippen molar-refractivity contribution in [2.75, 3.05) is 7.05 Å². The summed E-state index contributed by atoms with van der Waals surface area (Å²) in [5.74, 6) is 0.0620. The summed E-state index contributed by atoms with van der Waals surface area (Å²) < 4.78 is 0. The molecule has 3 rings (SSSR count). The number of aryl methyl sites for hydroxylation is 2. The van der Waals surface area contributed by atoms with Gasteiger partial charge in [0.25, 0.3) is 0 Å². The van der Waals surface area contributed by atoms with Crippen LogP contribution in [0.1, 0.15) is 40.7 Å². The molecule has 0 saturated heterocycles. The smallest absolute Gasteiger partial charge is 0.224 e. The molecule has 0 unspecified atom stereocenters. The van der Waals surface area contributed by atoms with Crippen molar-refractivity contribution < 1.29 is 4.79 Å². The van der Waals surface area contributed by atoms with E-state index in [1.165, 1.54) is 35.1 Å². The van der Waals surface area contributed by atoms with E-state index in [1.54, 1.807) is 7.05 Å². The Morgan fingerprint density at radius 1 is 0.958 bits per heavy atom. The third-order valence-electron chi connectivity index (χ3n) is 4.69. The summed E-state index contributed by atoms with van der Waals surface area (Å²) in [5.41, 5.74) is 6.73. The van der Waals surface area contributed by atoms with E-state index in [2.05, 4.69) is 59.9 Å². The molecule has 0 atom stereocenters. The molecule has 0 saturated carbocycles. The number of rotatable bonds is 7. The Hall–Kier alpha value is -2.35. The number of allylic oxidation sites excluding steroid dienone is 1. The van der Waals surface area contributed by atoms with Gasteiger partial charge in [-0.25, -0.2) is 0 Å². The van der Waals surface area contributed by atoms with Crippen LogP contribution in [0.25, 0.3) is 6.08 Å². The molecule has 124 valence electrons. The summed E-state index contributed by atoms with van der Waals surface area (Å²) in [6.07, 6.45) is 10.7. The van der Waals surface area contributed by atoms with Crippen LogP contribution in [0.2, 0.25) is 0 Å². The Kier molecular flexibility index (Phi) is 5.47. The van der Waals surface area contributed by atoms with E-state index in [-0.39, 0.29) is 5.91 Å². The lowest BCUT2D eigenvalue weighted by Crippen LogP contribution is -2.19. The molecule has 0 bridgehead atoms. The summed E-state index contributed by atoms with van der Waals surface area (Å²) in [7, 11) is 1.67. The average molecular weight is 319 g/mol. The number of unbranched alkanes of at least 4 members (excludes halogenated alkanes) is 1. The molecular weight excluding hydrogens is 294 g/mol. The zero-order valence-electron chi connectivity index (χ0n) is 14.3. The Morgan fingerprint density at radius 2 is 1.62 bits per heavy atom. The quantitative estimate of drug-likeness (QED) is 0.765. The van der Waals surface area contributed by atoms with Gasteiger partial charge in [0.05, 0.1) is 6.42 Å². The van der Waals surface area contributed by atoms with Gasteiger partial charge in [0, 0.05) is 7.05 Å². The molecule has 2 aromatic carbocycles. The van der Waals surface area contributed by atoms with Crippen molar-refractivity contribution in [3.8, 4) is 0 Å². The minimum absolute atomic E-state index is 0.0620. The van der Waals surface area contributed by atoms with Gasteiger partial charge in [-0.2, -0.15) is 0 Å². The van der Waals surface area contributed by atoms with Gasteiger partial charge in [-0.3, -0.25) is 4.79 Å². The van der Waals surface area contributed by atoms with Crippen molar-refractivity contribution in [1.29, 1.82) is 0 Å². The summed E-state index contributed by atoms with van der Waals surface area (Å²) in [5, 5.41) is 2.66. The van der Waals surface area contributed by atoms with E-state index in [1.807, 2.05) is 0 Å². The van der Waals surface area contributed by atoms with Crippen LogP contribution in [0, 0.1) is 0 Å². The number of benzene rings is 2. The van der Waals surface area contributed by atoms with Crippen molar-refractivity contribution in [2.24, 2.45) is 0 Å². The fourth-order valence-corrected chi connectivity index (χ4v) is 3.21. The van der Waals surface area contributed by atoms with Crippen molar-refractivity contribution in [3.63, 3.8) is 0 Å². The highest BCUT2D eigenvalue weighted by molar-refractivity contribution is 5.78. The van der Waals surface area contributed by atoms with Gasteiger partial charge in [-0.05, 0) is 59.9 Å². The summed E-state index contributed by atoms with van der Waals surface area (Å²) in [6.45, 7) is 0. The van der Waals surface area contributed by atoms with Crippen molar-refractivity contribution in [1.82, 2.24) is 5.32 Å². The molecule has 1 aliphatic rings. The number of carbonyl (C=O) groups excluding carboxylic acids is 1. The first-order valence-electron chi connectivity index (χ1n) is 8.81. The van der Waals surface area contributed by atoms with E-state index in [0.717, 1.165) is 24.8 Å². The maximum atomic E-state index is 11.4. The Bertz CT molecular complexity index is 728. The highest BCUT2D eigenvalue weighted by Crippen LogP contribution is 2.21. The molecule has 0 aliphatic heterocycles. The number of hydrogen-bond acceptors (Lipinski definition) is 1. The normalized spacial score (nSPS) is 12.2. The lowest BCUT2D eigenvalue weighted by Gasteiger charge is -2.06. The second-order valence-corrected chi connectivity index (χ2v) is 6.51. The van der Waals surface area contributed by atoms with E-state index in [9.17, 15) is 4.79 Å². The van der Waals surface area contributed by atoms with Gasteiger partial charge in [-0.1, -0.05) is 54.6 Å². The van der Waals surface area contributed by atoms with Crippen molar-refractivity contribution >= 4 is 12.0 Å². The second kappa shape index (κ2) is 7.96. The number of likely N-dealkylation sites (N-methyl/N-ethyl adjacent to an activating group) is 1. The lowest BCUT2D eigenvalue weighted by molar-refractivity contribution is -0.119. The van der Waals surface area contributed by atoms with E-state index < -0.39 is 0 Å². The third-order valence-corrected chi connectivity index (χ3v) is 4.69. The summed E-state index contributed by atoms with van der Waals surface area (Å²) in [6, 6.07) is 15.3. The van der Waals surface area contributed by atoms with Crippen LogP contribution >= 0.6 is 0 Å². The lowest BCUT2D eigenvalue weighted by atomic mass is 10.00. The van der Waals surface area contributed by atoms with Gasteiger partial charge in [0.15, 0.2) is 0 Å². The molecule has 1 amide bonds. The van der Waals surface area contributed by atoms with Gasteiger partial charge >= 0.3 is 0 Å². The van der Waals surface area contributed by atoms with Crippen LogP contribution in [0.15, 0.2) is 48.5 Å². The summed E-state index contributed by atoms with van der Waals surface area (Å²) >= 11 is 0. The maximum Gasteiger partial charge on any atom is 0.224 e. The maximum absolute atomic E-state index is 11.4. The molecule has 0 heterocycles. The molecule has 0 radical (unpaired) electrons. The first-order valence-corrected chi connectivity index (χ1v) is 8.81. The number of carbonyl (C=O) groups is 1. The number of hydrogen-bond donors (Lipinski definition) is 1. The third kappa shape index (κ3) is 4.35. The van der Waals surface area contributed by atoms with Crippen LogP contribution in [-0.2, 0) is 30.5 Å². The predicted octanol–water partition coefficient (Wildman–Crippen LogP) is 4.11. The molecule has 2 heteroatoms. The minimum atomic E-state index is 0.0620. The van der Waals surface area contributed by atoms with E-state index in [0.29, 0.717) is 6.42 Å². The number of amides is 1. The largest absolute Gasteiger partial charge is 0.359 e. The van der Waals surface area contributed by atoms with Crippen LogP contribution in [-0.4, -0.2) is 13.0 Å². The fourth-order valence-electron chi connectivity index (χ4n) is 3.21. The monoisotopic (exact) mass is 319 g/mol. The fraction of sp³-hybridized carbons (Fsp3) is 0.318. The molecule has 24 heavy (non-hydrogen) atoms. The van der Waals surface area contributed by atoms with Gasteiger partial charge in [0.1, 0.15) is 0 Å². The van der Waals surface area contributed by atoms with E-state index >= 15 is 0 Å². The molecular formula is C22H25NO. The summed E-state index contributed by atoms with van der Waals surface area (Å²) in [4.78, 5) is 11.4. The Balaban J connectivity index is 1.43. The molecule has 1 aliphatic carbocycles. The topological polar surface area (TPSA) is 29.1 Å². The first-order chi connectivity index (χ1) is 11.7. The predicted molar refractivity (Wildman–Crippen MR) is 100 cm³/mol. The highest BCUT2D eigenvalue weighted by atomic mass is 16.1. The Morgan fingerprint density at radius 3 is 2.38 bits per heavy atom. The first kappa shape index (κ1) is 16.5. The van der Waals surface area contributed by atoms with E-state index in [4.69, 9.17) is 0 Å². The van der Waals surface area contributed by atoms with Crippen LogP contribution < -0.4 is 5.32 Å². The van der Waals surface area contributed by atoms with Crippen LogP contribution in [0.4, 0.5) is 0 Å². The number of fused-ring (bicyclic) bond motifs is 1. The average Bonchev–Trinajstić information content (AvgIpc) is 3.07. The van der Waals surface area contributed by atoms with Crippen LogP contribution in [0.5, 0.6) is 0 Å². The standard InChI is InChI=1S/C22H25NO/c1-23-22(24)16-19-11-9-17(10-12-19)5-2-3-6-18-13-14-20-7-4-8-21(20)15-18/h4,8-15H,2-3,5-7,16H2,1H3,(H,23,24). The van der Waals surface area contributed by atoms with Crippen molar-refractivity contribution in [3.05, 3.63) is 76.4 Å². The zero-order chi connectivity index (χ0) is 16.8. The molecule has 2 aromatic rings. The molecule has 1 N–H and O–H groups in total. The van der Waals surface area contributed by atoms with Gasteiger partial charge in [-0.15, -0.1) is 0 Å². The van der Waals surface area contributed by atoms with Gasteiger partial charge < -0.3 is 5.32 Å². The molecule has 0 spiro atoms. The molecule has 0 aromatic heterocycles. The zero-order valence-corrected chi connectivity index (χ0v) is 14.3. The number of nitrogens with one attached hydrogen (secondary N) is 1. The highest BCUT2D eigenvalue weighted by Gasteiger charge is 2.05. The Labute approximate surface area is 144 Å². The second-order valence-electron chi connectivity index (χ2n) is 6.51. The van der Waals surface area contributed by atoms with Crippen molar-refractivity contribution in [2.45, 2.75) is 38.5 Å². The molecule has 2 nitrogen and oxygen atoms in total. The molecule has 0 fully saturated rings. The van der Waals surface area contributed by atoms with Gasteiger partial charge in [0.2, 0.25) is 5.91 Å². The SMILES string of the molecule is CNC(=O)Cc1ccc(CCCCc2ccc3c(c2)C=CC3)cc1. The van der Waals surface area contributed by atoms with Crippen LogP contribution in [0.3, 0.4) is 0 Å².